The highest BCUT2D eigenvalue weighted by Gasteiger charge is 2.25. The van der Waals surface area contributed by atoms with Crippen LogP contribution in [0.5, 0.6) is 5.75 Å². The fourth-order valence-corrected chi connectivity index (χ4v) is 3.95. The monoisotopic (exact) mass is 389 g/mol. The van der Waals surface area contributed by atoms with E-state index in [2.05, 4.69) is 25.5 Å². The van der Waals surface area contributed by atoms with Crippen molar-refractivity contribution in [2.75, 3.05) is 7.11 Å². The Bertz CT molecular complexity index is 1050. The third-order valence-electron chi connectivity index (χ3n) is 5.68. The topological polar surface area (TPSA) is 92.8 Å². The Morgan fingerprint density at radius 2 is 2.03 bits per heavy atom. The summed E-state index contributed by atoms with van der Waals surface area (Å²) in [5.41, 5.74) is 6.69. The molecule has 7 nitrogen and oxygen atoms in total. The predicted molar refractivity (Wildman–Crippen MR) is 108 cm³/mol. The van der Waals surface area contributed by atoms with Crippen molar-refractivity contribution in [3.05, 3.63) is 58.8 Å². The fraction of sp³-hybridized carbons (Fsp3) is 0.364. The van der Waals surface area contributed by atoms with E-state index in [1.165, 1.54) is 18.4 Å². The normalized spacial score (nSPS) is 15.2. The molecule has 2 aliphatic carbocycles. The van der Waals surface area contributed by atoms with Crippen molar-refractivity contribution in [1.29, 1.82) is 0 Å². The lowest BCUT2D eigenvalue weighted by atomic mass is 9.98. The van der Waals surface area contributed by atoms with Crippen molar-refractivity contribution in [3.63, 3.8) is 0 Å². The molecule has 1 saturated carbocycles. The van der Waals surface area contributed by atoms with Gasteiger partial charge < -0.3 is 10.1 Å². The van der Waals surface area contributed by atoms with Crippen LogP contribution in [-0.2, 0) is 19.4 Å². The lowest BCUT2D eigenvalue weighted by Crippen LogP contribution is -2.23. The van der Waals surface area contributed by atoms with E-state index in [0.29, 0.717) is 23.8 Å². The molecule has 2 heterocycles. The number of nitrogens with one attached hydrogen (secondary N) is 2. The summed E-state index contributed by atoms with van der Waals surface area (Å²) in [6, 6.07) is 3.76. The van der Waals surface area contributed by atoms with Gasteiger partial charge in [-0.3, -0.25) is 19.9 Å². The highest BCUT2D eigenvalue weighted by atomic mass is 16.5. The molecule has 1 fully saturated rings. The summed E-state index contributed by atoms with van der Waals surface area (Å²) < 4.78 is 5.64. The maximum atomic E-state index is 12.8. The average Bonchev–Trinajstić information content (AvgIpc) is 3.53. The van der Waals surface area contributed by atoms with Gasteiger partial charge in [0.05, 0.1) is 43.1 Å². The van der Waals surface area contributed by atoms with Crippen LogP contribution in [0, 0.1) is 0 Å². The predicted octanol–water partition coefficient (Wildman–Crippen LogP) is 3.17. The average molecular weight is 389 g/mol. The van der Waals surface area contributed by atoms with E-state index in [1.807, 2.05) is 18.5 Å². The van der Waals surface area contributed by atoms with Crippen LogP contribution in [-0.4, -0.2) is 33.2 Å². The number of methoxy groups -OCH3 is 1. The maximum absolute atomic E-state index is 12.8. The van der Waals surface area contributed by atoms with Gasteiger partial charge in [0, 0.05) is 23.2 Å². The first-order valence-electron chi connectivity index (χ1n) is 10.1. The molecule has 0 radical (unpaired) electrons. The number of carbonyl (C=O) groups is 1. The van der Waals surface area contributed by atoms with Crippen molar-refractivity contribution in [3.8, 4) is 17.0 Å². The van der Waals surface area contributed by atoms with Gasteiger partial charge in [0.25, 0.3) is 5.91 Å². The molecule has 7 heteroatoms. The van der Waals surface area contributed by atoms with Crippen molar-refractivity contribution in [2.45, 2.75) is 44.6 Å². The Balaban J connectivity index is 1.37. The van der Waals surface area contributed by atoms with Gasteiger partial charge >= 0.3 is 0 Å². The molecule has 1 aromatic carbocycles. The zero-order valence-corrected chi connectivity index (χ0v) is 16.4. The summed E-state index contributed by atoms with van der Waals surface area (Å²) in [7, 11) is 1.63. The van der Waals surface area contributed by atoms with Gasteiger partial charge in [-0.2, -0.15) is 5.10 Å². The number of H-pyrrole nitrogens is 1. The number of amides is 1. The minimum Gasteiger partial charge on any atom is -0.496 e. The van der Waals surface area contributed by atoms with Crippen LogP contribution < -0.4 is 10.1 Å². The summed E-state index contributed by atoms with van der Waals surface area (Å²) in [6.45, 7) is 0.348. The highest BCUT2D eigenvalue weighted by Crippen LogP contribution is 2.39. The molecule has 0 spiro atoms. The molecule has 148 valence electrons. The quantitative estimate of drug-likeness (QED) is 0.699. The molecule has 2 aromatic heterocycles. The van der Waals surface area contributed by atoms with Crippen LogP contribution >= 0.6 is 0 Å². The summed E-state index contributed by atoms with van der Waals surface area (Å²) in [4.78, 5) is 21.7. The van der Waals surface area contributed by atoms with Crippen molar-refractivity contribution in [1.82, 2.24) is 25.5 Å². The van der Waals surface area contributed by atoms with E-state index in [1.54, 1.807) is 19.4 Å². The molecule has 2 aliphatic rings. The zero-order valence-electron chi connectivity index (χ0n) is 16.4. The fourth-order valence-electron chi connectivity index (χ4n) is 3.95. The van der Waals surface area contributed by atoms with E-state index in [-0.39, 0.29) is 5.91 Å². The molecule has 29 heavy (non-hydrogen) atoms. The number of rotatable bonds is 5. The van der Waals surface area contributed by atoms with E-state index >= 15 is 0 Å². The van der Waals surface area contributed by atoms with E-state index < -0.39 is 0 Å². The van der Waals surface area contributed by atoms with Gasteiger partial charge in [0.2, 0.25) is 0 Å². The van der Waals surface area contributed by atoms with Crippen LogP contribution in [0.2, 0.25) is 0 Å². The molecule has 0 saturated heterocycles. The van der Waals surface area contributed by atoms with E-state index in [9.17, 15) is 4.79 Å². The van der Waals surface area contributed by atoms with E-state index in [4.69, 9.17) is 4.74 Å². The Labute approximate surface area is 168 Å². The van der Waals surface area contributed by atoms with Crippen LogP contribution in [0.3, 0.4) is 0 Å². The second kappa shape index (κ2) is 7.31. The number of ether oxygens (including phenoxy) is 1. The van der Waals surface area contributed by atoms with Gasteiger partial charge in [-0.05, 0) is 55.4 Å². The molecular weight excluding hydrogens is 366 g/mol. The molecule has 0 bridgehead atoms. The standard InChI is InChI=1S/C22H23N5O2/c1-29-19-8-16(7-14-3-2-4-15-9-26-27-21(15)20(14)19)22(28)25-11-17-10-24-18(12-23-17)13-5-6-13/h7-10,12-13H,2-6,11H2,1H3,(H,25,28)(H,26,27). The minimum atomic E-state index is -0.145. The highest BCUT2D eigenvalue weighted by molar-refractivity contribution is 5.96. The minimum absolute atomic E-state index is 0.145. The number of aromatic amines is 1. The Morgan fingerprint density at radius 1 is 1.17 bits per heavy atom. The number of hydrogen-bond acceptors (Lipinski definition) is 5. The SMILES string of the molecule is COc1cc(C(=O)NCc2cnc(C3CC3)cn2)cc2c1-c1[nH]ncc1CCC2. The van der Waals surface area contributed by atoms with Crippen LogP contribution in [0.15, 0.2) is 30.7 Å². The second-order valence-electron chi connectivity index (χ2n) is 7.73. The number of fused-ring (bicyclic) bond motifs is 3. The van der Waals surface area contributed by atoms with Crippen LogP contribution in [0.25, 0.3) is 11.3 Å². The molecule has 3 aromatic rings. The van der Waals surface area contributed by atoms with Gasteiger partial charge in [0.15, 0.2) is 0 Å². The maximum Gasteiger partial charge on any atom is 0.251 e. The molecule has 2 N–H and O–H groups in total. The van der Waals surface area contributed by atoms with E-state index in [0.717, 1.165) is 47.5 Å². The Kier molecular flexibility index (Phi) is 4.50. The number of aromatic nitrogens is 4. The molecule has 0 unspecified atom stereocenters. The summed E-state index contributed by atoms with van der Waals surface area (Å²) in [5.74, 6) is 1.12. The number of benzene rings is 1. The molecule has 0 atom stereocenters. The number of hydrogen-bond donors (Lipinski definition) is 2. The molecular formula is C22H23N5O2. The Morgan fingerprint density at radius 3 is 2.79 bits per heavy atom. The molecule has 5 rings (SSSR count). The first kappa shape index (κ1) is 17.8. The summed E-state index contributed by atoms with van der Waals surface area (Å²) in [5, 5.41) is 10.2. The number of aryl methyl sites for hydroxylation is 2. The van der Waals surface area contributed by atoms with Crippen molar-refractivity contribution >= 4 is 5.91 Å². The lowest BCUT2D eigenvalue weighted by Gasteiger charge is -2.14. The van der Waals surface area contributed by atoms with Gasteiger partial charge in [0.1, 0.15) is 5.75 Å². The zero-order chi connectivity index (χ0) is 19.8. The lowest BCUT2D eigenvalue weighted by molar-refractivity contribution is 0.0950. The van der Waals surface area contributed by atoms with Gasteiger partial charge in [-0.15, -0.1) is 0 Å². The first-order chi connectivity index (χ1) is 14.2. The second-order valence-corrected chi connectivity index (χ2v) is 7.73. The van der Waals surface area contributed by atoms with Crippen LogP contribution in [0.4, 0.5) is 0 Å². The molecule has 0 aliphatic heterocycles. The first-order valence-corrected chi connectivity index (χ1v) is 10.1. The Hall–Kier alpha value is -3.22. The number of nitrogens with zero attached hydrogens (tertiary/aromatic N) is 3. The third kappa shape index (κ3) is 3.48. The van der Waals surface area contributed by atoms with Gasteiger partial charge in [-0.1, -0.05) is 0 Å². The van der Waals surface area contributed by atoms with Gasteiger partial charge in [-0.25, -0.2) is 0 Å². The molecule has 1 amide bonds. The van der Waals surface area contributed by atoms with Crippen LogP contribution in [0.1, 0.15) is 58.1 Å². The van der Waals surface area contributed by atoms with Crippen molar-refractivity contribution in [2.24, 2.45) is 0 Å². The smallest absolute Gasteiger partial charge is 0.251 e. The third-order valence-corrected chi connectivity index (χ3v) is 5.68. The largest absolute Gasteiger partial charge is 0.496 e. The summed E-state index contributed by atoms with van der Waals surface area (Å²) in [6.07, 6.45) is 10.7. The van der Waals surface area contributed by atoms with Crippen molar-refractivity contribution < 1.29 is 9.53 Å². The number of carbonyl (C=O) groups excluding carboxylic acids is 1. The summed E-state index contributed by atoms with van der Waals surface area (Å²) >= 11 is 0.